The van der Waals surface area contributed by atoms with Gasteiger partial charge in [-0.05, 0) is 24.8 Å². The van der Waals surface area contributed by atoms with E-state index in [1.165, 1.54) is 11.1 Å². The number of aryl methyl sites for hydroxylation is 1. The molecule has 90 valence electrons. The fourth-order valence-corrected chi connectivity index (χ4v) is 4.09. The molecule has 1 aromatic carbocycles. The summed E-state index contributed by atoms with van der Waals surface area (Å²) in [6, 6.07) is 8.66. The van der Waals surface area contributed by atoms with E-state index in [4.69, 9.17) is 0 Å². The van der Waals surface area contributed by atoms with Crippen LogP contribution in [0.1, 0.15) is 29.9 Å². The number of carbonyl (C=O) groups is 1. The zero-order chi connectivity index (χ0) is 11.8. The number of hydrogen-bond acceptors (Lipinski definition) is 2. The molecule has 0 aromatic heterocycles. The van der Waals surface area contributed by atoms with Crippen molar-refractivity contribution in [2.24, 2.45) is 0 Å². The van der Waals surface area contributed by atoms with Crippen molar-refractivity contribution in [3.05, 3.63) is 35.4 Å². The second kappa shape index (κ2) is 4.37. The molecule has 2 saturated heterocycles. The summed E-state index contributed by atoms with van der Waals surface area (Å²) < 4.78 is 0. The molecule has 2 aliphatic rings. The van der Waals surface area contributed by atoms with E-state index in [1.807, 2.05) is 11.8 Å². The Balaban J connectivity index is 1.81. The number of hydrogen-bond donors (Lipinski definition) is 0. The van der Waals surface area contributed by atoms with Crippen LogP contribution in [-0.2, 0) is 4.79 Å². The van der Waals surface area contributed by atoms with Crippen LogP contribution in [0.3, 0.4) is 0 Å². The summed E-state index contributed by atoms with van der Waals surface area (Å²) in [6.07, 6.45) is 1.82. The highest BCUT2D eigenvalue weighted by molar-refractivity contribution is 8.00. The number of fused-ring (bicyclic) bond motifs is 1. The maximum atomic E-state index is 12.0. The summed E-state index contributed by atoms with van der Waals surface area (Å²) in [4.78, 5) is 14.1. The summed E-state index contributed by atoms with van der Waals surface area (Å²) in [5.74, 6) is 1.88. The van der Waals surface area contributed by atoms with Gasteiger partial charge in [0.2, 0.25) is 5.91 Å². The molecule has 1 amide bonds. The predicted molar refractivity (Wildman–Crippen MR) is 71.1 cm³/mol. The zero-order valence-electron chi connectivity index (χ0n) is 10.1. The topological polar surface area (TPSA) is 20.3 Å². The van der Waals surface area contributed by atoms with Gasteiger partial charge in [-0.25, -0.2) is 0 Å². The van der Waals surface area contributed by atoms with Gasteiger partial charge in [0, 0.05) is 18.7 Å². The Hall–Kier alpha value is -0.960. The Morgan fingerprint density at radius 1 is 1.29 bits per heavy atom. The molecule has 0 aliphatic carbocycles. The zero-order valence-corrected chi connectivity index (χ0v) is 10.9. The minimum atomic E-state index is 0.344. The van der Waals surface area contributed by atoms with E-state index < -0.39 is 0 Å². The van der Waals surface area contributed by atoms with E-state index in [-0.39, 0.29) is 0 Å². The lowest BCUT2D eigenvalue weighted by Gasteiger charge is -2.34. The van der Waals surface area contributed by atoms with Crippen LogP contribution < -0.4 is 0 Å². The first-order chi connectivity index (χ1) is 8.24. The van der Waals surface area contributed by atoms with E-state index in [0.717, 1.165) is 18.7 Å². The quantitative estimate of drug-likeness (QED) is 0.760. The van der Waals surface area contributed by atoms with Crippen LogP contribution in [0.15, 0.2) is 24.3 Å². The van der Waals surface area contributed by atoms with E-state index >= 15 is 0 Å². The molecule has 1 aromatic rings. The van der Waals surface area contributed by atoms with E-state index in [9.17, 15) is 4.79 Å². The molecule has 0 unspecified atom stereocenters. The van der Waals surface area contributed by atoms with Crippen molar-refractivity contribution in [1.29, 1.82) is 0 Å². The average molecular weight is 247 g/mol. The highest BCUT2D eigenvalue weighted by Gasteiger charge is 2.37. The number of carbonyl (C=O) groups excluding carboxylic acids is 1. The summed E-state index contributed by atoms with van der Waals surface area (Å²) in [5, 5.41) is 0.433. The summed E-state index contributed by atoms with van der Waals surface area (Å²) in [6.45, 7) is 3.05. The van der Waals surface area contributed by atoms with Crippen LogP contribution in [0, 0.1) is 6.92 Å². The van der Waals surface area contributed by atoms with E-state index in [2.05, 4.69) is 36.1 Å². The first kappa shape index (κ1) is 11.1. The first-order valence-corrected chi connectivity index (χ1v) is 7.26. The van der Waals surface area contributed by atoms with Crippen molar-refractivity contribution >= 4 is 17.7 Å². The SMILES string of the molecule is Cc1ccc([C@H]2CC(=O)N3CCS[C@H]3C2)cc1. The third-order valence-corrected chi connectivity index (χ3v) is 5.02. The Bertz CT molecular complexity index is 428. The van der Waals surface area contributed by atoms with Crippen molar-refractivity contribution < 1.29 is 4.79 Å². The molecule has 2 heterocycles. The van der Waals surface area contributed by atoms with Crippen molar-refractivity contribution in [3.63, 3.8) is 0 Å². The molecular formula is C14H17NOS. The van der Waals surface area contributed by atoms with E-state index in [1.54, 1.807) is 0 Å². The molecule has 2 aliphatic heterocycles. The lowest BCUT2D eigenvalue weighted by Crippen LogP contribution is -2.40. The van der Waals surface area contributed by atoms with Gasteiger partial charge in [0.05, 0.1) is 5.37 Å². The van der Waals surface area contributed by atoms with Crippen molar-refractivity contribution in [3.8, 4) is 0 Å². The normalized spacial score (nSPS) is 28.3. The van der Waals surface area contributed by atoms with Crippen molar-refractivity contribution in [2.45, 2.75) is 31.1 Å². The fraction of sp³-hybridized carbons (Fsp3) is 0.500. The minimum Gasteiger partial charge on any atom is -0.330 e. The van der Waals surface area contributed by atoms with Crippen LogP contribution in [0.25, 0.3) is 0 Å². The Morgan fingerprint density at radius 2 is 2.06 bits per heavy atom. The van der Waals surface area contributed by atoms with Crippen LogP contribution in [0.4, 0.5) is 0 Å². The second-order valence-corrected chi connectivity index (χ2v) is 6.25. The lowest BCUT2D eigenvalue weighted by atomic mass is 9.88. The predicted octanol–water partition coefficient (Wildman–Crippen LogP) is 2.77. The summed E-state index contributed by atoms with van der Waals surface area (Å²) in [7, 11) is 0. The van der Waals surface area contributed by atoms with Gasteiger partial charge in [0.1, 0.15) is 0 Å². The Kier molecular flexibility index (Phi) is 2.87. The molecular weight excluding hydrogens is 230 g/mol. The molecule has 17 heavy (non-hydrogen) atoms. The van der Waals surface area contributed by atoms with Crippen molar-refractivity contribution in [1.82, 2.24) is 4.90 Å². The van der Waals surface area contributed by atoms with Crippen LogP contribution in [0.2, 0.25) is 0 Å². The maximum absolute atomic E-state index is 12.0. The molecule has 3 rings (SSSR count). The van der Waals surface area contributed by atoms with Gasteiger partial charge >= 0.3 is 0 Å². The largest absolute Gasteiger partial charge is 0.330 e. The highest BCUT2D eigenvalue weighted by Crippen LogP contribution is 2.39. The fourth-order valence-electron chi connectivity index (χ4n) is 2.75. The van der Waals surface area contributed by atoms with E-state index in [0.29, 0.717) is 23.6 Å². The number of rotatable bonds is 1. The molecule has 2 nitrogen and oxygen atoms in total. The average Bonchev–Trinajstić information content (AvgIpc) is 2.78. The Labute approximate surface area is 106 Å². The van der Waals surface area contributed by atoms with Gasteiger partial charge in [-0.3, -0.25) is 4.79 Å². The van der Waals surface area contributed by atoms with Crippen LogP contribution in [-0.4, -0.2) is 28.5 Å². The molecule has 0 bridgehead atoms. The van der Waals surface area contributed by atoms with Gasteiger partial charge in [-0.15, -0.1) is 11.8 Å². The van der Waals surface area contributed by atoms with Crippen LogP contribution in [0.5, 0.6) is 0 Å². The number of nitrogens with zero attached hydrogens (tertiary/aromatic N) is 1. The monoisotopic (exact) mass is 247 g/mol. The van der Waals surface area contributed by atoms with Gasteiger partial charge in [-0.2, -0.15) is 0 Å². The number of piperidine rings is 1. The summed E-state index contributed by atoms with van der Waals surface area (Å²) >= 11 is 1.94. The summed E-state index contributed by atoms with van der Waals surface area (Å²) in [5.41, 5.74) is 2.61. The Morgan fingerprint density at radius 3 is 2.82 bits per heavy atom. The molecule has 0 N–H and O–H groups in total. The molecule has 2 atom stereocenters. The van der Waals surface area contributed by atoms with Crippen LogP contribution >= 0.6 is 11.8 Å². The van der Waals surface area contributed by atoms with Gasteiger partial charge in [0.15, 0.2) is 0 Å². The molecule has 0 radical (unpaired) electrons. The standard InChI is InChI=1S/C14H17NOS/c1-10-2-4-11(5-3-10)12-8-13(16)15-6-7-17-14(15)9-12/h2-5,12,14H,6-9H2,1H3/t12-,14-/m0/s1. The third kappa shape index (κ3) is 2.08. The smallest absolute Gasteiger partial charge is 0.224 e. The third-order valence-electron chi connectivity index (χ3n) is 3.77. The highest BCUT2D eigenvalue weighted by atomic mass is 32.2. The molecule has 0 spiro atoms. The molecule has 2 fully saturated rings. The number of benzene rings is 1. The lowest BCUT2D eigenvalue weighted by molar-refractivity contribution is -0.134. The van der Waals surface area contributed by atoms with Gasteiger partial charge < -0.3 is 4.90 Å². The van der Waals surface area contributed by atoms with Gasteiger partial charge in [0.25, 0.3) is 0 Å². The van der Waals surface area contributed by atoms with Crippen molar-refractivity contribution in [2.75, 3.05) is 12.3 Å². The minimum absolute atomic E-state index is 0.344. The second-order valence-electron chi connectivity index (χ2n) is 4.96. The van der Waals surface area contributed by atoms with Gasteiger partial charge in [-0.1, -0.05) is 29.8 Å². The maximum Gasteiger partial charge on any atom is 0.224 e. The first-order valence-electron chi connectivity index (χ1n) is 6.21. The number of thioether (sulfide) groups is 1. The molecule has 0 saturated carbocycles. The number of amides is 1. The molecule has 3 heteroatoms.